The maximum atomic E-state index is 10.5. The number of nitrogens with one attached hydrogen (secondary N) is 1. The summed E-state index contributed by atoms with van der Waals surface area (Å²) in [5, 5.41) is 19.3. The first-order valence-corrected chi connectivity index (χ1v) is 5.33. The largest absolute Gasteiger partial charge is 0.379 e. The standard InChI is InChI=1S/C9H8N4O2S/c14-13(15)9-3-1-2-7(4-9)10-5-8-6-16-12-11-8/h1-4,6,10H,5H2. The van der Waals surface area contributed by atoms with Crippen LogP contribution in [0.25, 0.3) is 0 Å². The van der Waals surface area contributed by atoms with E-state index in [9.17, 15) is 10.1 Å². The SMILES string of the molecule is O=[N+]([O-])c1cccc(NCc2csnn2)c1. The molecule has 6 nitrogen and oxygen atoms in total. The molecule has 0 radical (unpaired) electrons. The Labute approximate surface area is 95.2 Å². The number of hydrogen-bond donors (Lipinski definition) is 1. The molecule has 0 aliphatic heterocycles. The van der Waals surface area contributed by atoms with Crippen molar-refractivity contribution < 1.29 is 4.92 Å². The number of nitro groups is 1. The zero-order chi connectivity index (χ0) is 11.4. The summed E-state index contributed by atoms with van der Waals surface area (Å²) < 4.78 is 3.72. The molecule has 82 valence electrons. The molecule has 0 aliphatic rings. The van der Waals surface area contributed by atoms with Crippen molar-refractivity contribution in [2.45, 2.75) is 6.54 Å². The molecular weight excluding hydrogens is 228 g/mol. The lowest BCUT2D eigenvalue weighted by Crippen LogP contribution is -2.00. The number of anilines is 1. The van der Waals surface area contributed by atoms with E-state index in [4.69, 9.17) is 0 Å². The number of hydrogen-bond acceptors (Lipinski definition) is 6. The summed E-state index contributed by atoms with van der Waals surface area (Å²) in [6.07, 6.45) is 0. The predicted octanol–water partition coefficient (Wildman–Crippen LogP) is 2.06. The smallest absolute Gasteiger partial charge is 0.271 e. The van der Waals surface area contributed by atoms with Crippen LogP contribution in [0, 0.1) is 10.1 Å². The van der Waals surface area contributed by atoms with Gasteiger partial charge in [0.2, 0.25) is 0 Å². The number of nitrogens with zero attached hydrogens (tertiary/aromatic N) is 3. The molecule has 1 N–H and O–H groups in total. The van der Waals surface area contributed by atoms with Crippen LogP contribution < -0.4 is 5.32 Å². The van der Waals surface area contributed by atoms with E-state index in [1.807, 2.05) is 5.38 Å². The predicted molar refractivity (Wildman–Crippen MR) is 60.3 cm³/mol. The van der Waals surface area contributed by atoms with E-state index < -0.39 is 4.92 Å². The monoisotopic (exact) mass is 236 g/mol. The van der Waals surface area contributed by atoms with Gasteiger partial charge in [0.15, 0.2) is 0 Å². The van der Waals surface area contributed by atoms with Crippen molar-refractivity contribution in [2.75, 3.05) is 5.32 Å². The normalized spacial score (nSPS) is 10.0. The topological polar surface area (TPSA) is 81.0 Å². The molecule has 7 heteroatoms. The molecule has 0 unspecified atom stereocenters. The van der Waals surface area contributed by atoms with Gasteiger partial charge in [-0.15, -0.1) is 5.10 Å². The molecule has 2 aromatic rings. The average molecular weight is 236 g/mol. The van der Waals surface area contributed by atoms with Crippen LogP contribution in [-0.4, -0.2) is 14.5 Å². The minimum atomic E-state index is -0.421. The van der Waals surface area contributed by atoms with Gasteiger partial charge in [0, 0.05) is 23.2 Å². The van der Waals surface area contributed by atoms with Crippen LogP contribution in [0.4, 0.5) is 11.4 Å². The highest BCUT2D eigenvalue weighted by Gasteiger charge is 2.05. The molecule has 0 atom stereocenters. The molecule has 0 spiro atoms. The lowest BCUT2D eigenvalue weighted by Gasteiger charge is -2.03. The lowest BCUT2D eigenvalue weighted by atomic mass is 10.3. The Balaban J connectivity index is 2.04. The van der Waals surface area contributed by atoms with Crippen molar-refractivity contribution >= 4 is 22.9 Å². The first-order chi connectivity index (χ1) is 7.75. The van der Waals surface area contributed by atoms with E-state index in [-0.39, 0.29) is 5.69 Å². The fraction of sp³-hybridized carbons (Fsp3) is 0.111. The summed E-state index contributed by atoms with van der Waals surface area (Å²) in [5.74, 6) is 0. The second-order valence-electron chi connectivity index (χ2n) is 3.06. The lowest BCUT2D eigenvalue weighted by molar-refractivity contribution is -0.384. The van der Waals surface area contributed by atoms with Gasteiger partial charge >= 0.3 is 0 Å². The zero-order valence-corrected chi connectivity index (χ0v) is 8.98. The molecule has 0 saturated heterocycles. The van der Waals surface area contributed by atoms with E-state index in [1.165, 1.54) is 23.7 Å². The van der Waals surface area contributed by atoms with Crippen molar-refractivity contribution in [3.05, 3.63) is 45.5 Å². The van der Waals surface area contributed by atoms with Gasteiger partial charge < -0.3 is 5.32 Å². The van der Waals surface area contributed by atoms with Gasteiger partial charge in [-0.25, -0.2) is 0 Å². The number of nitro benzene ring substituents is 1. The Hall–Kier alpha value is -2.02. The maximum absolute atomic E-state index is 10.5. The van der Waals surface area contributed by atoms with Crippen molar-refractivity contribution in [1.29, 1.82) is 0 Å². The molecule has 0 bridgehead atoms. The van der Waals surface area contributed by atoms with Crippen molar-refractivity contribution in [1.82, 2.24) is 9.59 Å². The minimum Gasteiger partial charge on any atom is -0.379 e. The van der Waals surface area contributed by atoms with Crippen molar-refractivity contribution in [2.24, 2.45) is 0 Å². The van der Waals surface area contributed by atoms with E-state index >= 15 is 0 Å². The first-order valence-electron chi connectivity index (χ1n) is 4.50. The Kier molecular flexibility index (Phi) is 3.06. The fourth-order valence-electron chi connectivity index (χ4n) is 1.18. The summed E-state index contributed by atoms with van der Waals surface area (Å²) in [6.45, 7) is 0.512. The number of aromatic nitrogens is 2. The summed E-state index contributed by atoms with van der Waals surface area (Å²) in [6, 6.07) is 6.35. The van der Waals surface area contributed by atoms with Gasteiger partial charge in [-0.05, 0) is 17.6 Å². The molecule has 1 heterocycles. The highest BCUT2D eigenvalue weighted by molar-refractivity contribution is 7.03. The van der Waals surface area contributed by atoms with Crippen LogP contribution in [0.5, 0.6) is 0 Å². The van der Waals surface area contributed by atoms with Crippen LogP contribution in [0.3, 0.4) is 0 Å². The van der Waals surface area contributed by atoms with E-state index in [2.05, 4.69) is 14.9 Å². The van der Waals surface area contributed by atoms with E-state index in [0.29, 0.717) is 12.2 Å². The molecule has 0 amide bonds. The van der Waals surface area contributed by atoms with Crippen LogP contribution >= 0.6 is 11.5 Å². The second kappa shape index (κ2) is 4.67. The maximum Gasteiger partial charge on any atom is 0.271 e. The van der Waals surface area contributed by atoms with Gasteiger partial charge in [-0.2, -0.15) is 0 Å². The van der Waals surface area contributed by atoms with E-state index in [1.54, 1.807) is 12.1 Å². The molecular formula is C9H8N4O2S. The summed E-state index contributed by atoms with van der Waals surface area (Å²) in [4.78, 5) is 10.1. The second-order valence-corrected chi connectivity index (χ2v) is 3.67. The zero-order valence-electron chi connectivity index (χ0n) is 8.16. The highest BCUT2D eigenvalue weighted by Crippen LogP contribution is 2.17. The molecule has 0 aliphatic carbocycles. The Morgan fingerprint density at radius 1 is 1.50 bits per heavy atom. The van der Waals surface area contributed by atoms with Gasteiger partial charge in [0.25, 0.3) is 5.69 Å². The third kappa shape index (κ3) is 2.51. The molecule has 16 heavy (non-hydrogen) atoms. The minimum absolute atomic E-state index is 0.0707. The fourth-order valence-corrected chi connectivity index (χ4v) is 1.63. The van der Waals surface area contributed by atoms with Crippen molar-refractivity contribution in [3.8, 4) is 0 Å². The summed E-state index contributed by atoms with van der Waals surface area (Å²) in [7, 11) is 0. The van der Waals surface area contributed by atoms with Gasteiger partial charge in [-0.3, -0.25) is 10.1 Å². The Morgan fingerprint density at radius 3 is 3.06 bits per heavy atom. The number of non-ortho nitro benzene ring substituents is 1. The van der Waals surface area contributed by atoms with Gasteiger partial charge in [-0.1, -0.05) is 10.6 Å². The van der Waals surface area contributed by atoms with Crippen molar-refractivity contribution in [3.63, 3.8) is 0 Å². The number of benzene rings is 1. The highest BCUT2D eigenvalue weighted by atomic mass is 32.1. The molecule has 1 aromatic carbocycles. The molecule has 1 aromatic heterocycles. The van der Waals surface area contributed by atoms with Crippen LogP contribution in [0.1, 0.15) is 5.69 Å². The summed E-state index contributed by atoms with van der Waals surface area (Å²) >= 11 is 1.27. The molecule has 2 rings (SSSR count). The first kappa shape index (κ1) is 10.5. The van der Waals surface area contributed by atoms with Crippen LogP contribution in [0.2, 0.25) is 0 Å². The number of rotatable bonds is 4. The summed E-state index contributed by atoms with van der Waals surface area (Å²) in [5.41, 5.74) is 1.58. The Morgan fingerprint density at radius 2 is 2.38 bits per heavy atom. The third-order valence-electron chi connectivity index (χ3n) is 1.94. The third-order valence-corrected chi connectivity index (χ3v) is 2.49. The molecule has 0 fully saturated rings. The van der Waals surface area contributed by atoms with Gasteiger partial charge in [0.1, 0.15) is 0 Å². The average Bonchev–Trinajstić information content (AvgIpc) is 2.79. The van der Waals surface area contributed by atoms with Crippen LogP contribution in [-0.2, 0) is 6.54 Å². The van der Waals surface area contributed by atoms with E-state index in [0.717, 1.165) is 5.69 Å². The van der Waals surface area contributed by atoms with Gasteiger partial charge in [0.05, 0.1) is 17.2 Å². The molecule has 0 saturated carbocycles. The Bertz CT molecular complexity index is 486. The quantitative estimate of drug-likeness (QED) is 0.649. The van der Waals surface area contributed by atoms with Crippen LogP contribution in [0.15, 0.2) is 29.6 Å².